The molecule has 2 aliphatic rings. The van der Waals surface area contributed by atoms with Crippen LogP contribution in [0.2, 0.25) is 0 Å². The first-order valence-electron chi connectivity index (χ1n) is 36.2. The molecule has 0 N–H and O–H groups in total. The van der Waals surface area contributed by atoms with Crippen LogP contribution in [0, 0.1) is 11.6 Å². The van der Waals surface area contributed by atoms with Crippen LogP contribution in [-0.2, 0) is 36.5 Å². The number of rotatable bonds is 28. The van der Waals surface area contributed by atoms with Crippen molar-refractivity contribution in [1.29, 1.82) is 0 Å². The lowest BCUT2D eigenvalue weighted by Gasteiger charge is -2.25. The van der Waals surface area contributed by atoms with Crippen molar-refractivity contribution in [3.05, 3.63) is 214 Å². The third-order valence-corrected chi connectivity index (χ3v) is 22.7. The Morgan fingerprint density at radius 2 is 0.646 bits per heavy atom. The van der Waals surface area contributed by atoms with Crippen LogP contribution in [-0.4, -0.2) is 40.1 Å². The van der Waals surface area contributed by atoms with Crippen LogP contribution in [0.4, 0.5) is 8.78 Å². The molecule has 2 aliphatic carbocycles. The van der Waals surface area contributed by atoms with E-state index in [4.69, 9.17) is 17.5 Å². The van der Waals surface area contributed by atoms with Crippen molar-refractivity contribution in [1.82, 2.24) is 26.5 Å². The van der Waals surface area contributed by atoms with Crippen LogP contribution in [0.1, 0.15) is 203 Å². The monoisotopic (exact) mass is 1310 g/mol. The highest BCUT2D eigenvalue weighted by molar-refractivity contribution is 7.00. The van der Waals surface area contributed by atoms with Crippen molar-refractivity contribution >= 4 is 91.8 Å². The largest absolute Gasteiger partial charge is 0.376 e. The van der Waals surface area contributed by atoms with E-state index in [1.54, 1.807) is 0 Å². The molecule has 4 heterocycles. The van der Waals surface area contributed by atoms with Crippen molar-refractivity contribution in [3.8, 4) is 45.0 Å². The second-order valence-electron chi connectivity index (χ2n) is 28.7. The average molecular weight is 1310 g/mol. The minimum atomic E-state index is -0.587. The smallest absolute Gasteiger partial charge is 0.328 e. The first kappa shape index (κ1) is 65.5. The van der Waals surface area contributed by atoms with Gasteiger partial charge in [-0.2, -0.15) is 17.5 Å². The highest BCUT2D eigenvalue weighted by Crippen LogP contribution is 2.56. The predicted octanol–water partition coefficient (Wildman–Crippen LogP) is 20.5. The maximum absolute atomic E-state index is 19.8. The molecule has 0 atom stereocenters. The standard InChI is InChI=1S/C84H90B2F2N6S2/c1-9-13-17-21-29-55-37-45-59(46-38-55)85(60-47-39-56(40-48-60)30-22-18-14-10-2)93-69(53-67-81(93)63-33-25-27-35-65(63)83(67,5)6)71-75(87)73-74(79-77(71)89-95-91-79)76(88)72(78-80(73)92-96-90-78)70-54-68-82(64-34-26-28-36-66(64)84(68,7)8)94(70)86(61-49-41-57(42-50-61)31-23-19-15-11-3)62-51-43-58(44-52-62)32-24-20-16-12-4/h25-28,33-54H,9-24,29-32H2,1-8H3. The number of hydrogen-bond acceptors (Lipinski definition) is 6. The predicted molar refractivity (Wildman–Crippen MR) is 406 cm³/mol. The topological polar surface area (TPSA) is 61.4 Å². The molecular formula is C84H90B2F2N6S2. The Hall–Kier alpha value is -7.79. The molecule has 6 nitrogen and oxygen atoms in total. The van der Waals surface area contributed by atoms with E-state index < -0.39 is 36.2 Å². The molecule has 12 heteroatoms. The maximum atomic E-state index is 19.8. The van der Waals surface area contributed by atoms with Crippen LogP contribution in [0.25, 0.3) is 77.9 Å². The van der Waals surface area contributed by atoms with E-state index in [9.17, 15) is 0 Å². The minimum Gasteiger partial charge on any atom is -0.376 e. The highest BCUT2D eigenvalue weighted by atomic mass is 32.1. The molecule has 14 rings (SSSR count). The summed E-state index contributed by atoms with van der Waals surface area (Å²) in [6, 6.07) is 58.6. The van der Waals surface area contributed by atoms with E-state index >= 15 is 8.78 Å². The zero-order valence-electron chi connectivity index (χ0n) is 57.6. The Bertz CT molecular complexity index is 4340. The Labute approximate surface area is 576 Å². The number of benzene rings is 8. The van der Waals surface area contributed by atoms with Crippen molar-refractivity contribution in [2.45, 2.75) is 195 Å². The van der Waals surface area contributed by atoms with Crippen LogP contribution >= 0.6 is 23.5 Å². The van der Waals surface area contributed by atoms with Crippen LogP contribution < -0.4 is 21.9 Å². The van der Waals surface area contributed by atoms with Gasteiger partial charge in [0.1, 0.15) is 33.7 Å². The van der Waals surface area contributed by atoms with E-state index in [0.29, 0.717) is 33.5 Å². The molecule has 4 aromatic heterocycles. The van der Waals surface area contributed by atoms with E-state index in [-0.39, 0.29) is 21.9 Å². The van der Waals surface area contributed by atoms with Gasteiger partial charge < -0.3 is 8.96 Å². The quantitative estimate of drug-likeness (QED) is 0.0362. The number of unbranched alkanes of at least 4 members (excludes halogenated alkanes) is 12. The van der Waals surface area contributed by atoms with E-state index in [1.807, 2.05) is 0 Å². The van der Waals surface area contributed by atoms with Crippen LogP contribution in [0.5, 0.6) is 0 Å². The molecule has 96 heavy (non-hydrogen) atoms. The number of aromatic nitrogens is 6. The van der Waals surface area contributed by atoms with Gasteiger partial charge in [-0.1, -0.05) is 300 Å². The summed E-state index contributed by atoms with van der Waals surface area (Å²) in [6.07, 6.45) is 23.1. The molecule has 8 aromatic carbocycles. The lowest BCUT2D eigenvalue weighted by atomic mass is 9.49. The first-order chi connectivity index (χ1) is 46.9. The lowest BCUT2D eigenvalue weighted by Crippen LogP contribution is -2.49. The van der Waals surface area contributed by atoms with Crippen LogP contribution in [0.15, 0.2) is 158 Å². The molecule has 0 fully saturated rings. The van der Waals surface area contributed by atoms with Crippen LogP contribution in [0.3, 0.4) is 0 Å². The third-order valence-electron chi connectivity index (χ3n) is 21.7. The Morgan fingerprint density at radius 1 is 0.354 bits per heavy atom. The number of fused-ring (bicyclic) bond motifs is 11. The van der Waals surface area contributed by atoms with E-state index in [0.717, 1.165) is 130 Å². The minimum absolute atomic E-state index is 0.0658. The summed E-state index contributed by atoms with van der Waals surface area (Å²) in [7, 11) is 0. The van der Waals surface area contributed by atoms with Gasteiger partial charge in [-0.25, -0.2) is 8.78 Å². The van der Waals surface area contributed by atoms with Gasteiger partial charge in [0.25, 0.3) is 0 Å². The first-order valence-corrected chi connectivity index (χ1v) is 37.6. The average Bonchev–Trinajstić information content (AvgIpc) is 1.52. The number of halogens is 2. The zero-order chi connectivity index (χ0) is 66.2. The van der Waals surface area contributed by atoms with Gasteiger partial charge in [0.15, 0.2) is 0 Å². The highest BCUT2D eigenvalue weighted by Gasteiger charge is 2.45. The second-order valence-corrected chi connectivity index (χ2v) is 29.8. The number of hydrogen-bond donors (Lipinski definition) is 0. The zero-order valence-corrected chi connectivity index (χ0v) is 59.2. The summed E-state index contributed by atoms with van der Waals surface area (Å²) in [5, 5.41) is 0.132. The number of nitrogens with zero attached hydrogens (tertiary/aromatic N) is 6. The van der Waals surface area contributed by atoms with Gasteiger partial charge in [0, 0.05) is 44.7 Å². The molecular weight excluding hydrogens is 1220 g/mol. The van der Waals surface area contributed by atoms with Gasteiger partial charge in [0.2, 0.25) is 0 Å². The summed E-state index contributed by atoms with van der Waals surface area (Å²) in [5.74, 6) is -1.17. The van der Waals surface area contributed by atoms with Gasteiger partial charge in [-0.15, -0.1) is 0 Å². The fourth-order valence-corrected chi connectivity index (χ4v) is 17.4. The van der Waals surface area contributed by atoms with E-state index in [1.165, 1.54) is 110 Å². The Morgan fingerprint density at radius 3 is 0.948 bits per heavy atom. The fraction of sp³-hybridized carbons (Fsp3) is 0.357. The molecule has 0 unspecified atom stereocenters. The molecule has 0 saturated carbocycles. The molecule has 0 aliphatic heterocycles. The van der Waals surface area contributed by atoms with Crippen molar-refractivity contribution in [3.63, 3.8) is 0 Å². The summed E-state index contributed by atoms with van der Waals surface area (Å²) in [4.78, 5) is 0. The maximum Gasteiger partial charge on any atom is 0.328 e. The third kappa shape index (κ3) is 11.8. The Kier molecular flexibility index (Phi) is 19.1. The van der Waals surface area contributed by atoms with Gasteiger partial charge in [-0.05, 0) is 108 Å². The summed E-state index contributed by atoms with van der Waals surface area (Å²) in [5.41, 5.74) is 20.8. The lowest BCUT2D eigenvalue weighted by molar-refractivity contribution is 0.634. The van der Waals surface area contributed by atoms with Gasteiger partial charge >= 0.3 is 13.7 Å². The summed E-state index contributed by atoms with van der Waals surface area (Å²) >= 11 is 2.00. The number of aryl methyl sites for hydroxylation is 4. The Balaban J connectivity index is 1.00. The van der Waals surface area contributed by atoms with Crippen molar-refractivity contribution in [2.24, 2.45) is 0 Å². The van der Waals surface area contributed by atoms with Crippen molar-refractivity contribution in [2.75, 3.05) is 0 Å². The van der Waals surface area contributed by atoms with E-state index in [2.05, 4.69) is 222 Å². The summed E-state index contributed by atoms with van der Waals surface area (Å²) in [6.45, 7) is 17.4. The molecule has 0 radical (unpaired) electrons. The molecule has 0 saturated heterocycles. The fourth-order valence-electron chi connectivity index (χ4n) is 16.3. The normalized spacial score (nSPS) is 13.5. The van der Waals surface area contributed by atoms with Crippen molar-refractivity contribution < 1.29 is 8.78 Å². The molecule has 0 bridgehead atoms. The second kappa shape index (κ2) is 28.0. The molecule has 0 spiro atoms. The SMILES string of the molecule is CCCCCCc1ccc(B(c2ccc(CCCCCC)cc2)n2c(-c3c(F)c4c5nsnc5c(-c5cc6c(n5B(c5ccc(CCCCCC)cc5)c5ccc(CCCCCC)cc5)-c5ccccc5C6(C)C)c(F)c4c4nsnc34)cc3c2-c2ccccc2C3(C)C)cc1. The molecule has 0 amide bonds. The molecule has 488 valence electrons. The molecule has 12 aromatic rings. The summed E-state index contributed by atoms with van der Waals surface area (Å²) < 4.78 is 64.6. The van der Waals surface area contributed by atoms with Gasteiger partial charge in [0.05, 0.1) is 45.4 Å². The van der Waals surface area contributed by atoms with Gasteiger partial charge in [-0.3, -0.25) is 0 Å².